The standard InChI is InChI=1S/C16H27BrN2O/c1-5-14(6-2)19(9-10-20-4)16-8-7-13(12(3)18)11-15(16)17/h7-8,11-12,14H,5-6,9-10,18H2,1-4H3/t12-/m0/s1. The van der Waals surface area contributed by atoms with Gasteiger partial charge in [0.05, 0.1) is 12.3 Å². The largest absolute Gasteiger partial charge is 0.383 e. The summed E-state index contributed by atoms with van der Waals surface area (Å²) in [4.78, 5) is 2.43. The number of hydrogen-bond acceptors (Lipinski definition) is 3. The van der Waals surface area contributed by atoms with Gasteiger partial charge in [-0.1, -0.05) is 19.9 Å². The molecule has 0 unspecified atom stereocenters. The zero-order valence-corrected chi connectivity index (χ0v) is 14.6. The molecule has 0 saturated heterocycles. The van der Waals surface area contributed by atoms with Crippen molar-refractivity contribution in [2.75, 3.05) is 25.2 Å². The van der Waals surface area contributed by atoms with Crippen LogP contribution in [0.15, 0.2) is 22.7 Å². The number of rotatable bonds is 8. The third-order valence-corrected chi connectivity index (χ3v) is 4.36. The van der Waals surface area contributed by atoms with Crippen LogP contribution in [0.4, 0.5) is 5.69 Å². The van der Waals surface area contributed by atoms with Crippen molar-refractivity contribution in [3.05, 3.63) is 28.2 Å². The molecule has 0 aromatic heterocycles. The molecule has 0 bridgehead atoms. The minimum atomic E-state index is 0.0564. The van der Waals surface area contributed by atoms with Crippen molar-refractivity contribution in [1.29, 1.82) is 0 Å². The van der Waals surface area contributed by atoms with Gasteiger partial charge in [-0.3, -0.25) is 0 Å². The molecule has 0 aliphatic rings. The van der Waals surface area contributed by atoms with Gasteiger partial charge < -0.3 is 15.4 Å². The maximum absolute atomic E-state index is 5.95. The van der Waals surface area contributed by atoms with E-state index in [2.05, 4.69) is 52.9 Å². The molecular formula is C16H27BrN2O. The normalized spacial score (nSPS) is 12.8. The first-order chi connectivity index (χ1) is 9.54. The number of nitrogens with two attached hydrogens (primary N) is 1. The molecule has 0 aliphatic heterocycles. The zero-order valence-electron chi connectivity index (χ0n) is 13.0. The van der Waals surface area contributed by atoms with Gasteiger partial charge in [-0.2, -0.15) is 0 Å². The first kappa shape index (κ1) is 17.5. The summed E-state index contributed by atoms with van der Waals surface area (Å²) in [5.74, 6) is 0. The van der Waals surface area contributed by atoms with E-state index in [0.29, 0.717) is 6.04 Å². The van der Waals surface area contributed by atoms with Crippen LogP contribution in [-0.2, 0) is 4.74 Å². The predicted octanol–water partition coefficient (Wildman–Crippen LogP) is 4.11. The van der Waals surface area contributed by atoms with Crippen LogP contribution in [-0.4, -0.2) is 26.3 Å². The van der Waals surface area contributed by atoms with Crippen LogP contribution in [0.25, 0.3) is 0 Å². The fraction of sp³-hybridized carbons (Fsp3) is 0.625. The first-order valence-corrected chi connectivity index (χ1v) is 8.15. The van der Waals surface area contributed by atoms with E-state index in [4.69, 9.17) is 10.5 Å². The monoisotopic (exact) mass is 342 g/mol. The molecular weight excluding hydrogens is 316 g/mol. The molecule has 0 amide bonds. The molecule has 1 aromatic rings. The summed E-state index contributed by atoms with van der Waals surface area (Å²) in [6.45, 7) is 8.11. The fourth-order valence-corrected chi connectivity index (χ4v) is 3.08. The summed E-state index contributed by atoms with van der Waals surface area (Å²) in [5.41, 5.74) is 8.32. The fourth-order valence-electron chi connectivity index (χ4n) is 2.46. The number of anilines is 1. The molecule has 0 heterocycles. The highest BCUT2D eigenvalue weighted by Gasteiger charge is 2.18. The van der Waals surface area contributed by atoms with Gasteiger partial charge in [-0.05, 0) is 53.4 Å². The second-order valence-electron chi connectivity index (χ2n) is 5.16. The molecule has 0 aliphatic carbocycles. The van der Waals surface area contributed by atoms with E-state index in [1.807, 2.05) is 6.92 Å². The summed E-state index contributed by atoms with van der Waals surface area (Å²) < 4.78 is 6.36. The topological polar surface area (TPSA) is 38.5 Å². The van der Waals surface area contributed by atoms with Gasteiger partial charge in [0.15, 0.2) is 0 Å². The van der Waals surface area contributed by atoms with Gasteiger partial charge >= 0.3 is 0 Å². The lowest BCUT2D eigenvalue weighted by Crippen LogP contribution is -2.37. The van der Waals surface area contributed by atoms with E-state index in [1.54, 1.807) is 7.11 Å². The molecule has 3 nitrogen and oxygen atoms in total. The van der Waals surface area contributed by atoms with Crippen molar-refractivity contribution >= 4 is 21.6 Å². The van der Waals surface area contributed by atoms with Crippen LogP contribution in [0.1, 0.15) is 45.2 Å². The van der Waals surface area contributed by atoms with Crippen LogP contribution in [0.5, 0.6) is 0 Å². The summed E-state index contributed by atoms with van der Waals surface area (Å²) in [5, 5.41) is 0. The van der Waals surface area contributed by atoms with Crippen molar-refractivity contribution in [1.82, 2.24) is 0 Å². The Labute approximate surface area is 131 Å². The van der Waals surface area contributed by atoms with E-state index in [1.165, 1.54) is 5.69 Å². The van der Waals surface area contributed by atoms with Crippen LogP contribution in [0, 0.1) is 0 Å². The number of methoxy groups -OCH3 is 1. The SMILES string of the molecule is CCC(CC)N(CCOC)c1ccc([C@H](C)N)cc1Br. The second-order valence-corrected chi connectivity index (χ2v) is 6.01. The molecule has 0 spiro atoms. The number of benzene rings is 1. The Morgan fingerprint density at radius 3 is 2.40 bits per heavy atom. The third-order valence-electron chi connectivity index (χ3n) is 3.73. The Kier molecular flexibility index (Phi) is 7.56. The first-order valence-electron chi connectivity index (χ1n) is 7.35. The summed E-state index contributed by atoms with van der Waals surface area (Å²) >= 11 is 3.70. The highest BCUT2D eigenvalue weighted by molar-refractivity contribution is 9.10. The molecule has 0 radical (unpaired) electrons. The number of nitrogens with zero attached hydrogens (tertiary/aromatic N) is 1. The highest BCUT2D eigenvalue weighted by Crippen LogP contribution is 2.31. The molecule has 1 rings (SSSR count). The van der Waals surface area contributed by atoms with Crippen LogP contribution in [0.3, 0.4) is 0 Å². The molecule has 1 atom stereocenters. The number of hydrogen-bond donors (Lipinski definition) is 1. The third kappa shape index (κ3) is 4.47. The van der Waals surface area contributed by atoms with E-state index in [-0.39, 0.29) is 6.04 Å². The predicted molar refractivity (Wildman–Crippen MR) is 90.3 cm³/mol. The Hall–Kier alpha value is -0.580. The lowest BCUT2D eigenvalue weighted by molar-refractivity contribution is 0.202. The Morgan fingerprint density at radius 1 is 1.30 bits per heavy atom. The maximum Gasteiger partial charge on any atom is 0.0637 e. The van der Waals surface area contributed by atoms with Gasteiger partial charge in [0, 0.05) is 30.2 Å². The van der Waals surface area contributed by atoms with Gasteiger partial charge in [-0.25, -0.2) is 0 Å². The van der Waals surface area contributed by atoms with Crippen molar-refractivity contribution < 1.29 is 4.74 Å². The van der Waals surface area contributed by atoms with Crippen LogP contribution >= 0.6 is 15.9 Å². The lowest BCUT2D eigenvalue weighted by atomic mass is 10.1. The quantitative estimate of drug-likeness (QED) is 0.772. The van der Waals surface area contributed by atoms with Gasteiger partial charge in [-0.15, -0.1) is 0 Å². The van der Waals surface area contributed by atoms with Gasteiger partial charge in [0.2, 0.25) is 0 Å². The second kappa shape index (κ2) is 8.65. The number of halogens is 1. The van der Waals surface area contributed by atoms with Gasteiger partial charge in [0.25, 0.3) is 0 Å². The summed E-state index contributed by atoms with van der Waals surface area (Å²) in [6.07, 6.45) is 2.25. The van der Waals surface area contributed by atoms with E-state index < -0.39 is 0 Å². The molecule has 20 heavy (non-hydrogen) atoms. The molecule has 0 fully saturated rings. The van der Waals surface area contributed by atoms with E-state index in [0.717, 1.165) is 36.0 Å². The van der Waals surface area contributed by atoms with Crippen LogP contribution < -0.4 is 10.6 Å². The van der Waals surface area contributed by atoms with Crippen molar-refractivity contribution in [3.63, 3.8) is 0 Å². The van der Waals surface area contributed by atoms with Crippen molar-refractivity contribution in [2.24, 2.45) is 5.73 Å². The van der Waals surface area contributed by atoms with Crippen molar-refractivity contribution in [2.45, 2.75) is 45.7 Å². The Bertz CT molecular complexity index is 405. The minimum absolute atomic E-state index is 0.0564. The van der Waals surface area contributed by atoms with Crippen LogP contribution in [0.2, 0.25) is 0 Å². The lowest BCUT2D eigenvalue weighted by Gasteiger charge is -2.33. The molecule has 114 valence electrons. The summed E-state index contributed by atoms with van der Waals surface area (Å²) in [7, 11) is 1.75. The van der Waals surface area contributed by atoms with E-state index >= 15 is 0 Å². The maximum atomic E-state index is 5.95. The summed E-state index contributed by atoms with van der Waals surface area (Å²) in [6, 6.07) is 7.00. The molecule has 2 N–H and O–H groups in total. The Balaban J connectivity index is 3.06. The average Bonchev–Trinajstić information content (AvgIpc) is 2.43. The molecule has 4 heteroatoms. The van der Waals surface area contributed by atoms with Gasteiger partial charge in [0.1, 0.15) is 0 Å². The van der Waals surface area contributed by atoms with Crippen molar-refractivity contribution in [3.8, 4) is 0 Å². The molecule has 1 aromatic carbocycles. The number of ether oxygens (including phenoxy) is 1. The van der Waals surface area contributed by atoms with E-state index in [9.17, 15) is 0 Å². The zero-order chi connectivity index (χ0) is 15.1. The highest BCUT2D eigenvalue weighted by atomic mass is 79.9. The minimum Gasteiger partial charge on any atom is -0.383 e. The average molecular weight is 343 g/mol. The molecule has 0 saturated carbocycles. The smallest absolute Gasteiger partial charge is 0.0637 e. The Morgan fingerprint density at radius 2 is 1.95 bits per heavy atom.